The molecule has 74 valence electrons. The summed E-state index contributed by atoms with van der Waals surface area (Å²) in [5.74, 6) is 0. The van der Waals surface area contributed by atoms with E-state index in [2.05, 4.69) is 0 Å². The summed E-state index contributed by atoms with van der Waals surface area (Å²) < 4.78 is 0. The van der Waals surface area contributed by atoms with Crippen molar-refractivity contribution in [3.05, 3.63) is 0 Å². The van der Waals surface area contributed by atoms with Crippen LogP contribution in [0.15, 0.2) is 0 Å². The van der Waals surface area contributed by atoms with E-state index in [1.807, 2.05) is 0 Å². The Kier molecular flexibility index (Phi) is 6.28. The lowest BCUT2D eigenvalue weighted by molar-refractivity contribution is 0.0363. The lowest BCUT2D eigenvalue weighted by Gasteiger charge is -2.15. The average molecular weight is 178 g/mol. The Hall–Kier alpha value is -0.160. The molecule has 0 saturated carbocycles. The molecule has 12 heavy (non-hydrogen) atoms. The molecule has 0 aliphatic carbocycles. The van der Waals surface area contributed by atoms with Crippen LogP contribution in [0, 0.1) is 0 Å². The van der Waals surface area contributed by atoms with Gasteiger partial charge in [-0.15, -0.1) is 0 Å². The van der Waals surface area contributed by atoms with E-state index in [0.29, 0.717) is 0 Å². The van der Waals surface area contributed by atoms with Gasteiger partial charge in [-0.2, -0.15) is 0 Å². The molecule has 4 heteroatoms. The maximum atomic E-state index is 9.22. The monoisotopic (exact) mass is 178 g/mol. The van der Waals surface area contributed by atoms with Crippen LogP contribution in [0.1, 0.15) is 26.2 Å². The zero-order chi connectivity index (χ0) is 9.56. The van der Waals surface area contributed by atoms with Gasteiger partial charge in [0.05, 0.1) is 18.3 Å². The van der Waals surface area contributed by atoms with Crippen molar-refractivity contribution in [2.75, 3.05) is 6.61 Å². The first-order valence-electron chi connectivity index (χ1n) is 4.21. The number of hydrogen-bond acceptors (Lipinski definition) is 4. The third-order valence-corrected chi connectivity index (χ3v) is 1.62. The highest BCUT2D eigenvalue weighted by Crippen LogP contribution is 2.07. The molecular formula is C8H18O4. The van der Waals surface area contributed by atoms with Gasteiger partial charge in [-0.05, 0) is 26.2 Å². The van der Waals surface area contributed by atoms with E-state index >= 15 is 0 Å². The maximum Gasteiger partial charge on any atom is 0.0589 e. The standard InChI is InChI=1S/C8H18O4/c1-6(10)4-8(12)5-7(11)2-3-9/h6-12H,2-5H2,1H3. The average Bonchev–Trinajstić information content (AvgIpc) is 1.84. The minimum absolute atomic E-state index is 0.0808. The molecule has 0 fully saturated rings. The molecule has 0 aromatic carbocycles. The second-order valence-corrected chi connectivity index (χ2v) is 3.14. The zero-order valence-electron chi connectivity index (χ0n) is 7.35. The maximum absolute atomic E-state index is 9.22. The Morgan fingerprint density at radius 3 is 2.00 bits per heavy atom. The fourth-order valence-corrected chi connectivity index (χ4v) is 1.07. The molecule has 0 aromatic heterocycles. The van der Waals surface area contributed by atoms with Crippen molar-refractivity contribution in [1.82, 2.24) is 0 Å². The summed E-state index contributed by atoms with van der Waals surface area (Å²) in [6.45, 7) is 1.50. The Balaban J connectivity index is 3.46. The first-order chi connectivity index (χ1) is 5.56. The van der Waals surface area contributed by atoms with Gasteiger partial charge in [0.25, 0.3) is 0 Å². The minimum atomic E-state index is -0.688. The quantitative estimate of drug-likeness (QED) is 0.431. The fraction of sp³-hybridized carbons (Fsp3) is 1.00. The highest BCUT2D eigenvalue weighted by Gasteiger charge is 2.13. The van der Waals surface area contributed by atoms with Crippen molar-refractivity contribution in [2.24, 2.45) is 0 Å². The van der Waals surface area contributed by atoms with E-state index in [4.69, 9.17) is 15.3 Å². The highest BCUT2D eigenvalue weighted by molar-refractivity contribution is 4.65. The number of aliphatic hydroxyl groups is 4. The molecule has 0 bridgehead atoms. The Labute approximate surface area is 72.5 Å². The number of aliphatic hydroxyl groups excluding tert-OH is 4. The Bertz CT molecular complexity index is 105. The third kappa shape index (κ3) is 6.54. The van der Waals surface area contributed by atoms with E-state index in [1.54, 1.807) is 6.92 Å². The molecule has 0 heterocycles. The van der Waals surface area contributed by atoms with Gasteiger partial charge >= 0.3 is 0 Å². The van der Waals surface area contributed by atoms with Gasteiger partial charge in [-0.1, -0.05) is 0 Å². The molecule has 0 spiro atoms. The predicted molar refractivity (Wildman–Crippen MR) is 44.6 cm³/mol. The minimum Gasteiger partial charge on any atom is -0.396 e. The summed E-state index contributed by atoms with van der Waals surface area (Å²) in [6.07, 6.45) is -1.17. The topological polar surface area (TPSA) is 80.9 Å². The molecule has 0 aliphatic heterocycles. The molecule has 0 aromatic rings. The van der Waals surface area contributed by atoms with Gasteiger partial charge in [-0.25, -0.2) is 0 Å². The molecule has 3 unspecified atom stereocenters. The smallest absolute Gasteiger partial charge is 0.0589 e. The second-order valence-electron chi connectivity index (χ2n) is 3.14. The number of hydrogen-bond donors (Lipinski definition) is 4. The van der Waals surface area contributed by atoms with E-state index < -0.39 is 18.3 Å². The first-order valence-corrected chi connectivity index (χ1v) is 4.21. The van der Waals surface area contributed by atoms with Crippen molar-refractivity contribution < 1.29 is 20.4 Å². The normalized spacial score (nSPS) is 18.8. The Morgan fingerprint density at radius 2 is 1.58 bits per heavy atom. The summed E-state index contributed by atoms with van der Waals surface area (Å²) >= 11 is 0. The summed E-state index contributed by atoms with van der Waals surface area (Å²) in [5, 5.41) is 35.7. The Morgan fingerprint density at radius 1 is 1.00 bits per heavy atom. The van der Waals surface area contributed by atoms with Crippen LogP contribution in [0.2, 0.25) is 0 Å². The van der Waals surface area contributed by atoms with Gasteiger partial charge in [0.15, 0.2) is 0 Å². The molecule has 4 N–H and O–H groups in total. The van der Waals surface area contributed by atoms with E-state index in [9.17, 15) is 5.11 Å². The summed E-state index contributed by atoms with van der Waals surface area (Å²) in [7, 11) is 0. The first kappa shape index (κ1) is 11.8. The van der Waals surface area contributed by atoms with Crippen molar-refractivity contribution in [3.8, 4) is 0 Å². The van der Waals surface area contributed by atoms with Crippen molar-refractivity contribution in [3.63, 3.8) is 0 Å². The van der Waals surface area contributed by atoms with Crippen LogP contribution in [0.3, 0.4) is 0 Å². The van der Waals surface area contributed by atoms with Crippen molar-refractivity contribution in [1.29, 1.82) is 0 Å². The largest absolute Gasteiger partial charge is 0.396 e. The molecule has 0 saturated heterocycles. The fourth-order valence-electron chi connectivity index (χ4n) is 1.07. The summed E-state index contributed by atoms with van der Waals surface area (Å²) in [6, 6.07) is 0. The molecular weight excluding hydrogens is 160 g/mol. The van der Waals surface area contributed by atoms with Gasteiger partial charge in [0.1, 0.15) is 0 Å². The van der Waals surface area contributed by atoms with Crippen LogP contribution in [0.4, 0.5) is 0 Å². The van der Waals surface area contributed by atoms with Crippen LogP contribution in [0.5, 0.6) is 0 Å². The van der Waals surface area contributed by atoms with Crippen LogP contribution in [-0.4, -0.2) is 45.3 Å². The van der Waals surface area contributed by atoms with Crippen LogP contribution in [-0.2, 0) is 0 Å². The summed E-state index contributed by atoms with van der Waals surface area (Å²) in [4.78, 5) is 0. The van der Waals surface area contributed by atoms with Gasteiger partial charge in [-0.3, -0.25) is 0 Å². The predicted octanol–water partition coefficient (Wildman–Crippen LogP) is -0.748. The van der Waals surface area contributed by atoms with Gasteiger partial charge in [0.2, 0.25) is 0 Å². The molecule has 3 atom stereocenters. The molecule has 0 rings (SSSR count). The summed E-state index contributed by atoms with van der Waals surface area (Å²) in [5.41, 5.74) is 0. The van der Waals surface area contributed by atoms with Crippen molar-refractivity contribution in [2.45, 2.75) is 44.5 Å². The van der Waals surface area contributed by atoms with E-state index in [1.165, 1.54) is 0 Å². The van der Waals surface area contributed by atoms with E-state index in [0.717, 1.165) is 0 Å². The molecule has 0 amide bonds. The van der Waals surface area contributed by atoms with Gasteiger partial charge < -0.3 is 20.4 Å². The van der Waals surface area contributed by atoms with Gasteiger partial charge in [0, 0.05) is 6.61 Å². The zero-order valence-corrected chi connectivity index (χ0v) is 7.35. The third-order valence-electron chi connectivity index (χ3n) is 1.62. The highest BCUT2D eigenvalue weighted by atomic mass is 16.3. The van der Waals surface area contributed by atoms with Crippen molar-refractivity contribution >= 4 is 0 Å². The SMILES string of the molecule is CC(O)CC(O)CC(O)CCO. The van der Waals surface area contributed by atoms with E-state index in [-0.39, 0.29) is 25.9 Å². The second kappa shape index (κ2) is 6.37. The molecule has 0 aliphatic rings. The molecule has 0 radical (unpaired) electrons. The lowest BCUT2D eigenvalue weighted by Crippen LogP contribution is -2.22. The van der Waals surface area contributed by atoms with Crippen LogP contribution < -0.4 is 0 Å². The van der Waals surface area contributed by atoms with Crippen LogP contribution >= 0.6 is 0 Å². The lowest BCUT2D eigenvalue weighted by atomic mass is 10.0. The van der Waals surface area contributed by atoms with Crippen LogP contribution in [0.25, 0.3) is 0 Å². The number of rotatable bonds is 6. The molecule has 4 nitrogen and oxygen atoms in total.